The molecule has 22 heavy (non-hydrogen) atoms. The van der Waals surface area contributed by atoms with Crippen LogP contribution >= 0.6 is 0 Å². The van der Waals surface area contributed by atoms with Crippen LogP contribution in [-0.2, 0) is 14.4 Å². The van der Waals surface area contributed by atoms with Gasteiger partial charge in [0, 0.05) is 12.8 Å². The van der Waals surface area contributed by atoms with Crippen LogP contribution in [0.1, 0.15) is 103 Å². The first-order valence-corrected chi connectivity index (χ1v) is 9.20. The van der Waals surface area contributed by atoms with Crippen LogP contribution in [0.2, 0.25) is 0 Å². The average molecular weight is 310 g/mol. The highest BCUT2D eigenvalue weighted by Gasteiger charge is 2.00. The van der Waals surface area contributed by atoms with Gasteiger partial charge < -0.3 is 9.59 Å². The van der Waals surface area contributed by atoms with Crippen molar-refractivity contribution in [2.45, 2.75) is 103 Å². The highest BCUT2D eigenvalue weighted by atomic mass is 16.1. The first-order chi connectivity index (χ1) is 10.8. The number of Topliss-reactive ketones (excluding diaryl/α,β-unsaturated/α-hetero) is 1. The second kappa shape index (κ2) is 18.1. The summed E-state index contributed by atoms with van der Waals surface area (Å²) in [5, 5.41) is 0. The van der Waals surface area contributed by atoms with Crippen LogP contribution in [0.3, 0.4) is 0 Å². The van der Waals surface area contributed by atoms with Gasteiger partial charge in [-0.1, -0.05) is 70.6 Å². The monoisotopic (exact) mass is 310 g/mol. The first-order valence-electron chi connectivity index (χ1n) is 9.20. The van der Waals surface area contributed by atoms with Crippen molar-refractivity contribution in [3.63, 3.8) is 0 Å². The number of carbonyl (C=O) groups is 3. The van der Waals surface area contributed by atoms with E-state index in [1.165, 1.54) is 64.2 Å². The molecule has 0 rings (SSSR count). The van der Waals surface area contributed by atoms with Gasteiger partial charge in [-0.05, 0) is 12.8 Å². The predicted molar refractivity (Wildman–Crippen MR) is 91.0 cm³/mol. The normalized spacial score (nSPS) is 10.5. The molecule has 3 heteroatoms. The summed E-state index contributed by atoms with van der Waals surface area (Å²) in [4.78, 5) is 31.4. The molecule has 0 aliphatic heterocycles. The van der Waals surface area contributed by atoms with E-state index in [4.69, 9.17) is 0 Å². The summed E-state index contributed by atoms with van der Waals surface area (Å²) in [7, 11) is 0. The van der Waals surface area contributed by atoms with Crippen LogP contribution in [0, 0.1) is 0 Å². The summed E-state index contributed by atoms with van der Waals surface area (Å²) >= 11 is 0. The summed E-state index contributed by atoms with van der Waals surface area (Å²) in [5.74, 6) is 0.0844. The minimum atomic E-state index is 0.0844. The van der Waals surface area contributed by atoms with Crippen LogP contribution in [0.5, 0.6) is 0 Å². The van der Waals surface area contributed by atoms with Gasteiger partial charge in [0.15, 0.2) is 0 Å². The van der Waals surface area contributed by atoms with Crippen LogP contribution in [-0.4, -0.2) is 18.4 Å². The zero-order chi connectivity index (χ0) is 16.3. The molecule has 0 fully saturated rings. The van der Waals surface area contributed by atoms with Crippen molar-refractivity contribution in [2.24, 2.45) is 0 Å². The number of rotatable bonds is 18. The van der Waals surface area contributed by atoms with Crippen molar-refractivity contribution in [3.05, 3.63) is 0 Å². The maximum atomic E-state index is 11.1. The van der Waals surface area contributed by atoms with Crippen molar-refractivity contribution in [2.75, 3.05) is 0 Å². The van der Waals surface area contributed by atoms with E-state index in [9.17, 15) is 14.4 Å². The Morgan fingerprint density at radius 1 is 0.545 bits per heavy atom. The maximum Gasteiger partial charge on any atom is 0.139 e. The van der Waals surface area contributed by atoms with Crippen LogP contribution in [0.15, 0.2) is 0 Å². The lowest BCUT2D eigenvalue weighted by molar-refractivity contribution is -0.122. The van der Waals surface area contributed by atoms with Gasteiger partial charge in [-0.25, -0.2) is 0 Å². The van der Waals surface area contributed by atoms with E-state index < -0.39 is 0 Å². The van der Waals surface area contributed by atoms with E-state index in [-0.39, 0.29) is 12.2 Å². The number of aldehydes is 2. The minimum absolute atomic E-state index is 0.0844. The quantitative estimate of drug-likeness (QED) is 0.199. The molecule has 0 unspecified atom stereocenters. The molecule has 0 saturated heterocycles. The molecule has 0 spiro atoms. The SMILES string of the molecule is O=CCCCCCCCCCCCCCCCC(=O)CC=O. The van der Waals surface area contributed by atoms with Crippen LogP contribution < -0.4 is 0 Å². The topological polar surface area (TPSA) is 51.2 Å². The Labute approximate surface area is 136 Å². The predicted octanol–water partition coefficient (Wildman–Crippen LogP) is 5.19. The summed E-state index contributed by atoms with van der Waals surface area (Å²) in [6, 6.07) is 0. The number of hydrogen-bond acceptors (Lipinski definition) is 3. The van der Waals surface area contributed by atoms with E-state index >= 15 is 0 Å². The van der Waals surface area contributed by atoms with Crippen LogP contribution in [0.4, 0.5) is 0 Å². The lowest BCUT2D eigenvalue weighted by Crippen LogP contribution is -1.97. The minimum Gasteiger partial charge on any atom is -0.303 e. The van der Waals surface area contributed by atoms with Gasteiger partial charge >= 0.3 is 0 Å². The number of unbranched alkanes of at least 4 members (excludes halogenated alkanes) is 13. The summed E-state index contributed by atoms with van der Waals surface area (Å²) in [5.41, 5.74) is 0. The van der Waals surface area contributed by atoms with Gasteiger partial charge in [-0.2, -0.15) is 0 Å². The second-order valence-electron chi connectivity index (χ2n) is 6.21. The largest absolute Gasteiger partial charge is 0.303 e. The molecule has 0 aliphatic carbocycles. The van der Waals surface area contributed by atoms with E-state index in [0.717, 1.165) is 32.0 Å². The average Bonchev–Trinajstić information content (AvgIpc) is 2.51. The van der Waals surface area contributed by atoms with Crippen molar-refractivity contribution < 1.29 is 14.4 Å². The van der Waals surface area contributed by atoms with Gasteiger partial charge in [0.2, 0.25) is 0 Å². The second-order valence-corrected chi connectivity index (χ2v) is 6.21. The fourth-order valence-corrected chi connectivity index (χ4v) is 2.69. The van der Waals surface area contributed by atoms with E-state index in [2.05, 4.69) is 0 Å². The van der Waals surface area contributed by atoms with Crippen molar-refractivity contribution in [1.82, 2.24) is 0 Å². The Bertz CT molecular complexity index is 274. The Balaban J connectivity index is 3.04. The Kier molecular flexibility index (Phi) is 17.2. The molecule has 0 aliphatic rings. The number of ketones is 1. The van der Waals surface area contributed by atoms with Crippen molar-refractivity contribution in [3.8, 4) is 0 Å². The molecule has 0 amide bonds. The molecule has 0 heterocycles. The lowest BCUT2D eigenvalue weighted by Gasteiger charge is -2.03. The lowest BCUT2D eigenvalue weighted by atomic mass is 10.0. The maximum absolute atomic E-state index is 11.1. The smallest absolute Gasteiger partial charge is 0.139 e. The molecular weight excluding hydrogens is 276 g/mol. The van der Waals surface area contributed by atoms with Gasteiger partial charge in [-0.3, -0.25) is 4.79 Å². The Morgan fingerprint density at radius 2 is 0.955 bits per heavy atom. The standard InChI is InChI=1S/C19H34O3/c20-17-14-12-10-8-6-4-2-1-3-5-7-9-11-13-15-19(22)16-18-21/h17-18H,1-16H2. The third kappa shape index (κ3) is 17.1. The van der Waals surface area contributed by atoms with Crippen molar-refractivity contribution in [1.29, 1.82) is 0 Å². The first kappa shape index (κ1) is 21.0. The van der Waals surface area contributed by atoms with Gasteiger partial charge in [0.1, 0.15) is 18.4 Å². The van der Waals surface area contributed by atoms with E-state index in [1.54, 1.807) is 0 Å². The Morgan fingerprint density at radius 3 is 1.36 bits per heavy atom. The van der Waals surface area contributed by atoms with E-state index in [0.29, 0.717) is 12.7 Å². The number of carbonyl (C=O) groups excluding carboxylic acids is 3. The molecule has 0 aromatic heterocycles. The molecular formula is C19H34O3. The third-order valence-corrected chi connectivity index (χ3v) is 4.09. The molecule has 0 radical (unpaired) electrons. The highest BCUT2D eigenvalue weighted by Crippen LogP contribution is 2.13. The molecule has 0 bridgehead atoms. The number of hydrogen-bond donors (Lipinski definition) is 0. The molecule has 3 nitrogen and oxygen atoms in total. The fourth-order valence-electron chi connectivity index (χ4n) is 2.69. The zero-order valence-corrected chi connectivity index (χ0v) is 14.2. The fraction of sp³-hybridized carbons (Fsp3) is 0.842. The zero-order valence-electron chi connectivity index (χ0n) is 14.2. The Hall–Kier alpha value is -0.990. The highest BCUT2D eigenvalue weighted by molar-refractivity contribution is 5.89. The summed E-state index contributed by atoms with van der Waals surface area (Å²) in [6.45, 7) is 0. The van der Waals surface area contributed by atoms with Gasteiger partial charge in [0.25, 0.3) is 0 Å². The molecule has 128 valence electrons. The molecule has 0 aromatic carbocycles. The molecule has 0 atom stereocenters. The van der Waals surface area contributed by atoms with E-state index in [1.807, 2.05) is 0 Å². The van der Waals surface area contributed by atoms with Gasteiger partial charge in [0.05, 0.1) is 6.42 Å². The summed E-state index contributed by atoms with van der Waals surface area (Å²) < 4.78 is 0. The molecule has 0 aromatic rings. The molecule has 0 saturated carbocycles. The summed E-state index contributed by atoms with van der Waals surface area (Å²) in [6.07, 6.45) is 19.2. The van der Waals surface area contributed by atoms with Gasteiger partial charge in [-0.15, -0.1) is 0 Å². The third-order valence-electron chi connectivity index (χ3n) is 4.09. The van der Waals surface area contributed by atoms with Crippen LogP contribution in [0.25, 0.3) is 0 Å². The molecule has 0 N–H and O–H groups in total. The van der Waals surface area contributed by atoms with Crippen molar-refractivity contribution >= 4 is 18.4 Å².